The van der Waals surface area contributed by atoms with Crippen LogP contribution in [0.1, 0.15) is 25.7 Å². The molecule has 2 aromatic heterocycles. The van der Waals surface area contributed by atoms with Gasteiger partial charge < -0.3 is 9.30 Å². The fourth-order valence-corrected chi connectivity index (χ4v) is 2.59. The Hall–Kier alpha value is -2.28. The van der Waals surface area contributed by atoms with E-state index in [2.05, 4.69) is 15.0 Å². The van der Waals surface area contributed by atoms with Gasteiger partial charge in [-0.15, -0.1) is 0 Å². The number of hydrogen-bond acceptors (Lipinski definition) is 4. The average Bonchev–Trinajstić information content (AvgIpc) is 2.80. The van der Waals surface area contributed by atoms with Gasteiger partial charge in [-0.1, -0.05) is 11.6 Å². The fourth-order valence-electron chi connectivity index (χ4n) is 2.47. The first-order chi connectivity index (χ1) is 10.9. The van der Waals surface area contributed by atoms with Crippen molar-refractivity contribution in [1.29, 1.82) is 0 Å². The summed E-state index contributed by atoms with van der Waals surface area (Å²) in [6.45, 7) is 5.71. The Kier molecular flexibility index (Phi) is 3.89. The van der Waals surface area contributed by atoms with Crippen molar-refractivity contribution in [2.24, 2.45) is 0 Å². The Morgan fingerprint density at radius 1 is 1.22 bits per heavy atom. The molecule has 0 amide bonds. The summed E-state index contributed by atoms with van der Waals surface area (Å²) in [5.74, 6) is -1.13. The minimum atomic E-state index is -0.927. The molecule has 0 aliphatic carbocycles. The molecule has 0 bridgehead atoms. The standard InChI is InChI=1S/C15H13ClF2N4O/c1-7(2)22-8(3)20-13-10(17)4-9(5-11(13)22)23-15-14(18)19-6-12(16)21-15/h4-7H,1-3H3. The first-order valence-corrected chi connectivity index (χ1v) is 7.28. The Morgan fingerprint density at radius 3 is 2.65 bits per heavy atom. The van der Waals surface area contributed by atoms with Crippen LogP contribution in [0.15, 0.2) is 18.3 Å². The Labute approximate surface area is 135 Å². The number of fused-ring (bicyclic) bond motifs is 1. The summed E-state index contributed by atoms with van der Waals surface area (Å²) in [4.78, 5) is 11.3. The SMILES string of the molecule is Cc1nc2c(F)cc(Oc3nc(Cl)cnc3F)cc2n1C(C)C. The second-order valence-electron chi connectivity index (χ2n) is 5.29. The minimum Gasteiger partial charge on any atom is -0.435 e. The molecule has 3 aromatic rings. The van der Waals surface area contributed by atoms with Crippen LogP contribution in [-0.4, -0.2) is 19.5 Å². The molecule has 3 rings (SSSR count). The molecule has 0 aliphatic rings. The maximum absolute atomic E-state index is 14.3. The summed E-state index contributed by atoms with van der Waals surface area (Å²) >= 11 is 5.67. The highest BCUT2D eigenvalue weighted by Gasteiger charge is 2.17. The van der Waals surface area contributed by atoms with Gasteiger partial charge in [-0.05, 0) is 20.8 Å². The zero-order chi connectivity index (χ0) is 16.7. The maximum Gasteiger partial charge on any atom is 0.277 e. The fraction of sp³-hybridized carbons (Fsp3) is 0.267. The number of benzene rings is 1. The lowest BCUT2D eigenvalue weighted by molar-refractivity contribution is 0.407. The summed E-state index contributed by atoms with van der Waals surface area (Å²) in [6, 6.07) is 2.79. The van der Waals surface area contributed by atoms with E-state index in [4.69, 9.17) is 16.3 Å². The first kappa shape index (κ1) is 15.6. The zero-order valence-corrected chi connectivity index (χ0v) is 13.4. The van der Waals surface area contributed by atoms with Crippen LogP contribution in [0.2, 0.25) is 5.15 Å². The van der Waals surface area contributed by atoms with Gasteiger partial charge in [0.2, 0.25) is 0 Å². The number of halogens is 3. The third-order valence-electron chi connectivity index (χ3n) is 3.30. The zero-order valence-electron chi connectivity index (χ0n) is 12.6. The van der Waals surface area contributed by atoms with Gasteiger partial charge in [0.25, 0.3) is 11.8 Å². The number of ether oxygens (including phenoxy) is 1. The van der Waals surface area contributed by atoms with E-state index in [0.717, 1.165) is 12.3 Å². The van der Waals surface area contributed by atoms with Gasteiger partial charge in [0.1, 0.15) is 17.1 Å². The highest BCUT2D eigenvalue weighted by Crippen LogP contribution is 2.30. The Bertz CT molecular complexity index is 895. The summed E-state index contributed by atoms with van der Waals surface area (Å²) in [7, 11) is 0. The predicted molar refractivity (Wildman–Crippen MR) is 81.9 cm³/mol. The molecular weight excluding hydrogens is 326 g/mol. The molecule has 0 unspecified atom stereocenters. The minimum absolute atomic E-state index is 0.0222. The molecule has 23 heavy (non-hydrogen) atoms. The Balaban J connectivity index is 2.12. The van der Waals surface area contributed by atoms with Gasteiger partial charge in [0.15, 0.2) is 11.0 Å². The topological polar surface area (TPSA) is 52.8 Å². The first-order valence-electron chi connectivity index (χ1n) is 6.90. The molecule has 1 aromatic carbocycles. The van der Waals surface area contributed by atoms with E-state index in [1.165, 1.54) is 0 Å². The monoisotopic (exact) mass is 338 g/mol. The molecule has 0 saturated heterocycles. The van der Waals surface area contributed by atoms with Crippen molar-refractivity contribution in [3.63, 3.8) is 0 Å². The molecular formula is C15H13ClF2N4O. The van der Waals surface area contributed by atoms with Gasteiger partial charge in [0, 0.05) is 18.2 Å². The van der Waals surface area contributed by atoms with Crippen LogP contribution in [0.5, 0.6) is 11.6 Å². The molecule has 0 N–H and O–H groups in total. The molecule has 5 nitrogen and oxygen atoms in total. The van der Waals surface area contributed by atoms with Crippen LogP contribution in [0.3, 0.4) is 0 Å². The largest absolute Gasteiger partial charge is 0.435 e. The summed E-state index contributed by atoms with van der Waals surface area (Å²) in [5, 5.41) is -0.0222. The summed E-state index contributed by atoms with van der Waals surface area (Å²) in [6.07, 6.45) is 1.06. The van der Waals surface area contributed by atoms with Gasteiger partial charge >= 0.3 is 0 Å². The molecule has 2 heterocycles. The van der Waals surface area contributed by atoms with Crippen molar-refractivity contribution < 1.29 is 13.5 Å². The molecule has 0 aliphatic heterocycles. The molecule has 0 spiro atoms. The number of nitrogens with zero attached hydrogens (tertiary/aromatic N) is 4. The number of imidazole rings is 1. The number of hydrogen-bond donors (Lipinski definition) is 0. The lowest BCUT2D eigenvalue weighted by atomic mass is 10.2. The van der Waals surface area contributed by atoms with E-state index >= 15 is 0 Å². The molecule has 0 radical (unpaired) electrons. The van der Waals surface area contributed by atoms with Crippen molar-refractivity contribution in [1.82, 2.24) is 19.5 Å². The van der Waals surface area contributed by atoms with Crippen LogP contribution in [0, 0.1) is 18.7 Å². The maximum atomic E-state index is 14.3. The van der Waals surface area contributed by atoms with Crippen LogP contribution < -0.4 is 4.74 Å². The molecule has 0 fully saturated rings. The quantitative estimate of drug-likeness (QED) is 0.708. The van der Waals surface area contributed by atoms with Crippen molar-refractivity contribution in [2.75, 3.05) is 0 Å². The lowest BCUT2D eigenvalue weighted by Gasteiger charge is -2.12. The van der Waals surface area contributed by atoms with E-state index in [9.17, 15) is 8.78 Å². The smallest absolute Gasteiger partial charge is 0.277 e. The number of rotatable bonds is 3. The Morgan fingerprint density at radius 2 is 1.96 bits per heavy atom. The number of aromatic nitrogens is 4. The van der Waals surface area contributed by atoms with E-state index in [1.54, 1.807) is 13.0 Å². The average molecular weight is 339 g/mol. The van der Waals surface area contributed by atoms with Crippen LogP contribution >= 0.6 is 11.6 Å². The van der Waals surface area contributed by atoms with Crippen LogP contribution in [0.4, 0.5) is 8.78 Å². The van der Waals surface area contributed by atoms with Crippen molar-refractivity contribution in [3.8, 4) is 11.6 Å². The van der Waals surface area contributed by atoms with E-state index in [0.29, 0.717) is 11.3 Å². The van der Waals surface area contributed by atoms with Crippen LogP contribution in [0.25, 0.3) is 11.0 Å². The highest BCUT2D eigenvalue weighted by atomic mass is 35.5. The van der Waals surface area contributed by atoms with Crippen molar-refractivity contribution in [3.05, 3.63) is 41.1 Å². The molecule has 120 valence electrons. The van der Waals surface area contributed by atoms with Gasteiger partial charge in [-0.2, -0.15) is 9.37 Å². The summed E-state index contributed by atoms with van der Waals surface area (Å²) in [5.41, 5.74) is 0.795. The molecule has 8 heteroatoms. The second-order valence-corrected chi connectivity index (χ2v) is 5.67. The van der Waals surface area contributed by atoms with Crippen molar-refractivity contribution in [2.45, 2.75) is 26.8 Å². The highest BCUT2D eigenvalue weighted by molar-refractivity contribution is 6.29. The lowest BCUT2D eigenvalue weighted by Crippen LogP contribution is -2.03. The van der Waals surface area contributed by atoms with Gasteiger partial charge in [-0.3, -0.25) is 0 Å². The van der Waals surface area contributed by atoms with E-state index in [1.807, 2.05) is 18.4 Å². The number of aryl methyl sites for hydroxylation is 1. The third-order valence-corrected chi connectivity index (χ3v) is 3.48. The van der Waals surface area contributed by atoms with Crippen molar-refractivity contribution >= 4 is 22.6 Å². The van der Waals surface area contributed by atoms with E-state index < -0.39 is 17.6 Å². The predicted octanol–water partition coefficient (Wildman–Crippen LogP) is 4.44. The van der Waals surface area contributed by atoms with Gasteiger partial charge in [-0.25, -0.2) is 14.4 Å². The van der Waals surface area contributed by atoms with Gasteiger partial charge in [0.05, 0.1) is 11.7 Å². The second kappa shape index (κ2) is 5.73. The molecule has 0 atom stereocenters. The van der Waals surface area contributed by atoms with E-state index in [-0.39, 0.29) is 22.5 Å². The molecule has 0 saturated carbocycles. The third kappa shape index (κ3) is 2.84. The van der Waals surface area contributed by atoms with Crippen LogP contribution in [-0.2, 0) is 0 Å². The summed E-state index contributed by atoms with van der Waals surface area (Å²) < 4.78 is 35.1. The normalized spacial score (nSPS) is 11.4.